The number of nitrogens with one attached hydrogen (secondary N) is 1. The lowest BCUT2D eigenvalue weighted by Gasteiger charge is -2.08. The normalized spacial score (nSPS) is 12.5. The number of carbonyl (C=O) groups is 1. The van der Waals surface area contributed by atoms with E-state index in [1.165, 1.54) is 6.26 Å². The Labute approximate surface area is 82.9 Å². The lowest BCUT2D eigenvalue weighted by Crippen LogP contribution is -2.29. The van der Waals surface area contributed by atoms with Crippen molar-refractivity contribution < 1.29 is 14.3 Å². The molecule has 0 spiro atoms. The quantitative estimate of drug-likeness (QED) is 0.755. The summed E-state index contributed by atoms with van der Waals surface area (Å²) in [5.74, 6) is 0.529. The van der Waals surface area contributed by atoms with E-state index in [4.69, 9.17) is 9.52 Å². The highest BCUT2D eigenvalue weighted by molar-refractivity contribution is 5.94. The van der Waals surface area contributed by atoms with Gasteiger partial charge in [-0.3, -0.25) is 4.79 Å². The van der Waals surface area contributed by atoms with Crippen LogP contribution in [-0.2, 0) is 0 Å². The molecule has 1 heterocycles. The highest BCUT2D eigenvalue weighted by Gasteiger charge is 2.11. The number of amides is 1. The molecular weight excluding hydrogens is 182 g/mol. The molecule has 0 saturated heterocycles. The summed E-state index contributed by atoms with van der Waals surface area (Å²) in [5.41, 5.74) is 0.551. The van der Waals surface area contributed by atoms with Crippen molar-refractivity contribution >= 4 is 5.91 Å². The van der Waals surface area contributed by atoms with Gasteiger partial charge in [0.05, 0.1) is 11.8 Å². The fourth-order valence-corrected chi connectivity index (χ4v) is 1.05. The first kappa shape index (κ1) is 10.8. The van der Waals surface area contributed by atoms with Crippen molar-refractivity contribution in [1.29, 1.82) is 0 Å². The van der Waals surface area contributed by atoms with Gasteiger partial charge in [0.25, 0.3) is 5.91 Å². The largest absolute Gasteiger partial charge is 0.469 e. The molecule has 0 aliphatic heterocycles. The Balaban J connectivity index is 2.47. The second-order valence-electron chi connectivity index (χ2n) is 3.39. The van der Waals surface area contributed by atoms with Crippen LogP contribution in [0.1, 0.15) is 23.0 Å². The highest BCUT2D eigenvalue weighted by Crippen LogP contribution is 2.08. The molecule has 1 aromatic rings. The van der Waals surface area contributed by atoms with Crippen LogP contribution in [0.3, 0.4) is 0 Å². The summed E-state index contributed by atoms with van der Waals surface area (Å²) < 4.78 is 5.01. The summed E-state index contributed by atoms with van der Waals surface area (Å²) in [6.45, 7) is 4.15. The van der Waals surface area contributed by atoms with E-state index in [2.05, 4.69) is 5.32 Å². The maximum absolute atomic E-state index is 11.5. The van der Waals surface area contributed by atoms with Gasteiger partial charge in [-0.1, -0.05) is 6.92 Å². The lowest BCUT2D eigenvalue weighted by atomic mass is 10.2. The second kappa shape index (κ2) is 4.81. The van der Waals surface area contributed by atoms with Crippen molar-refractivity contribution in [3.8, 4) is 0 Å². The van der Waals surface area contributed by atoms with Crippen LogP contribution >= 0.6 is 0 Å². The van der Waals surface area contributed by atoms with Crippen LogP contribution in [0.4, 0.5) is 0 Å². The zero-order valence-electron chi connectivity index (χ0n) is 8.41. The summed E-state index contributed by atoms with van der Waals surface area (Å²) in [5, 5.41) is 11.5. The Morgan fingerprint density at radius 3 is 2.93 bits per heavy atom. The van der Waals surface area contributed by atoms with E-state index in [0.717, 1.165) is 0 Å². The second-order valence-corrected chi connectivity index (χ2v) is 3.39. The predicted octanol–water partition coefficient (Wildman–Crippen LogP) is 0.946. The predicted molar refractivity (Wildman–Crippen MR) is 52.0 cm³/mol. The third-order valence-electron chi connectivity index (χ3n) is 2.03. The molecule has 2 N–H and O–H groups in total. The number of rotatable bonds is 4. The Bertz CT molecular complexity index is 306. The zero-order chi connectivity index (χ0) is 10.6. The summed E-state index contributed by atoms with van der Waals surface area (Å²) in [4.78, 5) is 11.5. The Kier molecular flexibility index (Phi) is 3.71. The van der Waals surface area contributed by atoms with Gasteiger partial charge in [-0.15, -0.1) is 0 Å². The van der Waals surface area contributed by atoms with Gasteiger partial charge in [0.2, 0.25) is 0 Å². The third-order valence-corrected chi connectivity index (χ3v) is 2.03. The molecule has 0 saturated carbocycles. The van der Waals surface area contributed by atoms with Gasteiger partial charge in [-0.25, -0.2) is 0 Å². The molecule has 0 fully saturated rings. The molecule has 78 valence electrons. The fraction of sp³-hybridized carbons (Fsp3) is 0.500. The van der Waals surface area contributed by atoms with E-state index in [1.807, 2.05) is 6.92 Å². The minimum Gasteiger partial charge on any atom is -0.469 e. The minimum atomic E-state index is -0.156. The molecule has 0 aliphatic carbocycles. The fourth-order valence-electron chi connectivity index (χ4n) is 1.05. The van der Waals surface area contributed by atoms with E-state index in [0.29, 0.717) is 17.9 Å². The molecule has 0 radical (unpaired) electrons. The van der Waals surface area contributed by atoms with E-state index in [-0.39, 0.29) is 18.4 Å². The minimum absolute atomic E-state index is 0.0741. The van der Waals surface area contributed by atoms with Gasteiger partial charge in [0.1, 0.15) is 5.76 Å². The number of hydrogen-bond donors (Lipinski definition) is 2. The molecule has 4 heteroatoms. The molecular formula is C10H15NO3. The van der Waals surface area contributed by atoms with Crippen molar-refractivity contribution in [3.05, 3.63) is 23.7 Å². The van der Waals surface area contributed by atoms with Crippen LogP contribution in [0.5, 0.6) is 0 Å². The van der Waals surface area contributed by atoms with Gasteiger partial charge in [0.15, 0.2) is 0 Å². The summed E-state index contributed by atoms with van der Waals surface area (Å²) in [6, 6.07) is 1.63. The zero-order valence-corrected chi connectivity index (χ0v) is 8.41. The summed E-state index contributed by atoms with van der Waals surface area (Å²) in [6.07, 6.45) is 1.49. The molecule has 14 heavy (non-hydrogen) atoms. The smallest absolute Gasteiger partial charge is 0.254 e. The van der Waals surface area contributed by atoms with Crippen molar-refractivity contribution in [2.24, 2.45) is 5.92 Å². The van der Waals surface area contributed by atoms with E-state index >= 15 is 0 Å². The highest BCUT2D eigenvalue weighted by atomic mass is 16.3. The van der Waals surface area contributed by atoms with Crippen LogP contribution in [0, 0.1) is 12.8 Å². The van der Waals surface area contributed by atoms with Crippen molar-refractivity contribution in [3.63, 3.8) is 0 Å². The van der Waals surface area contributed by atoms with Gasteiger partial charge in [0, 0.05) is 13.2 Å². The molecule has 1 atom stereocenters. The van der Waals surface area contributed by atoms with Crippen LogP contribution in [0.15, 0.2) is 16.7 Å². The first-order valence-electron chi connectivity index (χ1n) is 4.58. The molecule has 0 aromatic carbocycles. The third kappa shape index (κ3) is 2.60. The molecule has 1 aromatic heterocycles. The van der Waals surface area contributed by atoms with Gasteiger partial charge in [-0.2, -0.15) is 0 Å². The number of carbonyl (C=O) groups excluding carboxylic acids is 1. The van der Waals surface area contributed by atoms with Crippen molar-refractivity contribution in [1.82, 2.24) is 5.32 Å². The Hall–Kier alpha value is -1.29. The molecule has 1 rings (SSSR count). The van der Waals surface area contributed by atoms with Crippen LogP contribution in [0.25, 0.3) is 0 Å². The first-order valence-corrected chi connectivity index (χ1v) is 4.58. The van der Waals surface area contributed by atoms with Crippen LogP contribution < -0.4 is 5.32 Å². The average Bonchev–Trinajstić information content (AvgIpc) is 2.60. The van der Waals surface area contributed by atoms with Crippen molar-refractivity contribution in [2.75, 3.05) is 13.2 Å². The SMILES string of the molecule is Cc1occc1C(=O)NCC(C)CO. The maximum Gasteiger partial charge on any atom is 0.254 e. The summed E-state index contributed by atoms with van der Waals surface area (Å²) in [7, 11) is 0. The molecule has 0 bridgehead atoms. The first-order chi connectivity index (χ1) is 6.65. The number of hydrogen-bond acceptors (Lipinski definition) is 3. The van der Waals surface area contributed by atoms with Gasteiger partial charge < -0.3 is 14.8 Å². The van der Waals surface area contributed by atoms with Crippen LogP contribution in [0.2, 0.25) is 0 Å². The van der Waals surface area contributed by atoms with E-state index in [1.54, 1.807) is 13.0 Å². The monoisotopic (exact) mass is 197 g/mol. The number of aliphatic hydroxyl groups excluding tert-OH is 1. The molecule has 0 aliphatic rings. The Morgan fingerprint density at radius 1 is 1.71 bits per heavy atom. The molecule has 1 unspecified atom stereocenters. The maximum atomic E-state index is 11.5. The van der Waals surface area contributed by atoms with Crippen LogP contribution in [-0.4, -0.2) is 24.2 Å². The number of aryl methyl sites for hydroxylation is 1. The summed E-state index contributed by atoms with van der Waals surface area (Å²) >= 11 is 0. The number of aliphatic hydroxyl groups is 1. The standard InChI is InChI=1S/C10H15NO3/c1-7(6-12)5-11-10(13)9-3-4-14-8(9)2/h3-4,7,12H,5-6H2,1-2H3,(H,11,13). The average molecular weight is 197 g/mol. The molecule has 4 nitrogen and oxygen atoms in total. The topological polar surface area (TPSA) is 62.5 Å². The van der Waals surface area contributed by atoms with Gasteiger partial charge >= 0.3 is 0 Å². The van der Waals surface area contributed by atoms with Gasteiger partial charge in [-0.05, 0) is 18.9 Å². The molecule has 1 amide bonds. The van der Waals surface area contributed by atoms with E-state index in [9.17, 15) is 4.79 Å². The van der Waals surface area contributed by atoms with E-state index < -0.39 is 0 Å². The Morgan fingerprint density at radius 2 is 2.43 bits per heavy atom. The lowest BCUT2D eigenvalue weighted by molar-refractivity contribution is 0.0941. The number of furan rings is 1. The van der Waals surface area contributed by atoms with Crippen molar-refractivity contribution in [2.45, 2.75) is 13.8 Å².